The van der Waals surface area contributed by atoms with E-state index in [2.05, 4.69) is 12.2 Å². The number of carboxylic acid groups (broad SMARTS) is 1. The van der Waals surface area contributed by atoms with E-state index >= 15 is 0 Å². The number of carboxylic acids is 1. The van der Waals surface area contributed by atoms with Crippen molar-refractivity contribution in [2.24, 2.45) is 0 Å². The predicted octanol–water partition coefficient (Wildman–Crippen LogP) is 1.14. The second-order valence-corrected chi connectivity index (χ2v) is 2.23. The van der Waals surface area contributed by atoms with Gasteiger partial charge in [0.25, 0.3) is 0 Å². The van der Waals surface area contributed by atoms with Gasteiger partial charge in [-0.3, -0.25) is 9.59 Å². The minimum Gasteiger partial charge on any atom is -0.475 e. The van der Waals surface area contributed by atoms with Crippen molar-refractivity contribution in [2.45, 2.75) is 13.3 Å². The van der Waals surface area contributed by atoms with Crippen molar-refractivity contribution in [3.05, 3.63) is 0 Å². The van der Waals surface area contributed by atoms with Crippen LogP contribution < -0.4 is 0 Å². The highest BCUT2D eigenvalue weighted by molar-refractivity contribution is 8.93. The first-order chi connectivity index (χ1) is 5.00. The zero-order chi connectivity index (χ0) is 9.02. The van der Waals surface area contributed by atoms with Crippen LogP contribution in [0.25, 0.3) is 0 Å². The van der Waals surface area contributed by atoms with Gasteiger partial charge in [0.2, 0.25) is 5.78 Å². The molecule has 0 saturated carbocycles. The molecule has 0 aromatic rings. The van der Waals surface area contributed by atoms with Crippen LogP contribution in [0.15, 0.2) is 0 Å². The van der Waals surface area contributed by atoms with E-state index in [1.54, 1.807) is 6.92 Å². The molecule has 0 aromatic heterocycles. The highest BCUT2D eigenvalue weighted by Gasteiger charge is 2.23. The van der Waals surface area contributed by atoms with Crippen LogP contribution in [0.1, 0.15) is 13.3 Å². The Morgan fingerprint density at radius 2 is 1.54 bits per heavy atom. The van der Waals surface area contributed by atoms with Gasteiger partial charge in [-0.1, -0.05) is 19.1 Å². The van der Waals surface area contributed by atoms with E-state index in [9.17, 15) is 14.4 Å². The number of halogens is 2. The highest BCUT2D eigenvalue weighted by atomic mass is 79.9. The molecule has 0 saturated heterocycles. The van der Waals surface area contributed by atoms with E-state index in [-0.39, 0.29) is 45.2 Å². The van der Waals surface area contributed by atoms with E-state index in [4.69, 9.17) is 5.11 Å². The van der Waals surface area contributed by atoms with E-state index < -0.39 is 17.5 Å². The van der Waals surface area contributed by atoms with Gasteiger partial charge in [-0.2, -0.15) is 0 Å². The molecule has 0 bridgehead atoms. The van der Waals surface area contributed by atoms with Crippen LogP contribution in [0, 0.1) is 0 Å². The molecule has 0 spiro atoms. The third-order valence-corrected chi connectivity index (χ3v) is 1.45. The zero-order valence-corrected chi connectivity index (χ0v) is 10.8. The number of aliphatic carboxylic acids is 1. The Labute approximate surface area is 101 Å². The topological polar surface area (TPSA) is 71.4 Å². The zero-order valence-electron chi connectivity index (χ0n) is 6.60. The quantitative estimate of drug-likeness (QED) is 0.474. The van der Waals surface area contributed by atoms with Crippen molar-refractivity contribution in [1.29, 1.82) is 0 Å². The van der Waals surface area contributed by atoms with Crippen molar-refractivity contribution in [2.75, 3.05) is 0 Å². The van der Waals surface area contributed by atoms with Gasteiger partial charge in [0, 0.05) is 0 Å². The second-order valence-electron chi connectivity index (χ2n) is 1.74. The Morgan fingerprint density at radius 3 is 1.77 bits per heavy atom. The Kier molecular flexibility index (Phi) is 12.1. The van der Waals surface area contributed by atoms with Gasteiger partial charge < -0.3 is 5.11 Å². The lowest BCUT2D eigenvalue weighted by molar-refractivity contribution is -0.151. The fourth-order valence-corrected chi connectivity index (χ4v) is 0.477. The number of Topliss-reactive ketones (excluding diaryl/α,β-unsaturated/α-hetero) is 2. The van der Waals surface area contributed by atoms with Crippen molar-refractivity contribution in [1.82, 2.24) is 0 Å². The van der Waals surface area contributed by atoms with Gasteiger partial charge >= 0.3 is 11.8 Å². The molecule has 0 aromatic carbocycles. The molecule has 1 N–H and O–H groups in total. The maximum atomic E-state index is 10.6. The molecule has 0 amide bonds. The summed E-state index contributed by atoms with van der Waals surface area (Å²) in [6.07, 6.45) is 0.215. The maximum absolute atomic E-state index is 10.6. The van der Waals surface area contributed by atoms with E-state index in [1.165, 1.54) is 0 Å². The molecule has 0 rings (SSSR count). The number of carbonyl (C=O) groups excluding carboxylic acids is 2. The second kappa shape index (κ2) is 8.46. The van der Waals surface area contributed by atoms with Gasteiger partial charge in [-0.05, 0) is 6.42 Å². The maximum Gasteiger partial charge on any atom is 0.380 e. The molecule has 0 atom stereocenters. The molecule has 0 radical (unpaired) electrons. The van der Waals surface area contributed by atoms with Crippen LogP contribution in [-0.4, -0.2) is 27.5 Å². The number of thiocarbonyl (C=S) groups is 1. The van der Waals surface area contributed by atoms with Gasteiger partial charge in [-0.25, -0.2) is 4.79 Å². The molecule has 0 unspecified atom stereocenters. The van der Waals surface area contributed by atoms with Crippen molar-refractivity contribution < 1.29 is 19.5 Å². The summed E-state index contributed by atoms with van der Waals surface area (Å²) < 4.78 is 0. The lowest BCUT2D eigenvalue weighted by Crippen LogP contribution is -2.28. The minimum absolute atomic E-state index is 0. The van der Waals surface area contributed by atoms with Crippen LogP contribution in [-0.2, 0) is 14.4 Å². The first-order valence-corrected chi connectivity index (χ1v) is 3.26. The fourth-order valence-electron chi connectivity index (χ4n) is 0.384. The first-order valence-electron chi connectivity index (χ1n) is 2.85. The van der Waals surface area contributed by atoms with E-state index in [1.807, 2.05) is 0 Å². The van der Waals surface area contributed by atoms with Gasteiger partial charge in [-0.15, -0.1) is 34.0 Å². The van der Waals surface area contributed by atoms with Crippen molar-refractivity contribution >= 4 is 68.6 Å². The van der Waals surface area contributed by atoms with Crippen molar-refractivity contribution in [3.63, 3.8) is 0 Å². The fraction of sp³-hybridized carbons (Fsp3) is 0.333. The Hall–Kier alpha value is -0.140. The highest BCUT2D eigenvalue weighted by Crippen LogP contribution is 1.89. The first kappa shape index (κ1) is 18.6. The summed E-state index contributed by atoms with van der Waals surface area (Å²) in [7, 11) is 0. The summed E-state index contributed by atoms with van der Waals surface area (Å²) in [4.78, 5) is 30.8. The lowest BCUT2D eigenvalue weighted by Gasteiger charge is -1.92. The smallest absolute Gasteiger partial charge is 0.380 e. The van der Waals surface area contributed by atoms with E-state index in [0.717, 1.165) is 0 Å². The van der Waals surface area contributed by atoms with Crippen LogP contribution in [0.2, 0.25) is 0 Å². The molecule has 7 heteroatoms. The van der Waals surface area contributed by atoms with Gasteiger partial charge in [0.05, 0.1) is 4.86 Å². The third kappa shape index (κ3) is 6.00. The average molecular weight is 336 g/mol. The molecule has 76 valence electrons. The largest absolute Gasteiger partial charge is 0.475 e. The van der Waals surface area contributed by atoms with Crippen LogP contribution in [0.4, 0.5) is 0 Å². The summed E-state index contributed by atoms with van der Waals surface area (Å²) in [5.74, 6) is -4.31. The summed E-state index contributed by atoms with van der Waals surface area (Å²) in [6.45, 7) is 1.58. The van der Waals surface area contributed by atoms with Crippen molar-refractivity contribution in [3.8, 4) is 0 Å². The molecular formula is C6H8Br2O4S. The number of hydrogen-bond donors (Lipinski definition) is 1. The third-order valence-electron chi connectivity index (χ3n) is 0.975. The molecule has 13 heavy (non-hydrogen) atoms. The predicted molar refractivity (Wildman–Crippen MR) is 61.2 cm³/mol. The van der Waals surface area contributed by atoms with Crippen LogP contribution in [0.3, 0.4) is 0 Å². The Morgan fingerprint density at radius 1 is 1.15 bits per heavy atom. The standard InChI is InChI=1S/C6H6O4S.2BrH/c1-2-3(11)4(7)5(8)6(9)10;;/h2H2,1H3,(H,9,10);2*1H. The number of hydrogen-bond acceptors (Lipinski definition) is 4. The molecule has 0 aliphatic heterocycles. The number of ketones is 2. The summed E-state index contributed by atoms with van der Waals surface area (Å²) in [5.41, 5.74) is 0. The summed E-state index contributed by atoms with van der Waals surface area (Å²) in [5, 5.41) is 8.07. The monoisotopic (exact) mass is 334 g/mol. The SMILES string of the molecule is Br.Br.CCC(=S)C(=O)C(=O)C(=O)O. The molecule has 0 aliphatic carbocycles. The van der Waals surface area contributed by atoms with Crippen LogP contribution in [0.5, 0.6) is 0 Å². The van der Waals surface area contributed by atoms with E-state index in [0.29, 0.717) is 0 Å². The lowest BCUT2D eigenvalue weighted by atomic mass is 10.1. The molecular weight excluding hydrogens is 328 g/mol. The summed E-state index contributed by atoms with van der Waals surface area (Å²) >= 11 is 4.44. The molecule has 0 aliphatic rings. The molecule has 0 fully saturated rings. The number of rotatable bonds is 4. The molecule has 4 nitrogen and oxygen atoms in total. The Balaban J connectivity index is -0.000000500. The average Bonchev–Trinajstić information content (AvgIpc) is 2.00. The summed E-state index contributed by atoms with van der Waals surface area (Å²) in [6, 6.07) is 0. The number of carbonyl (C=O) groups is 3. The minimum atomic E-state index is -1.76. The Bertz CT molecular complexity index is 239. The van der Waals surface area contributed by atoms with Gasteiger partial charge in [0.15, 0.2) is 0 Å². The van der Waals surface area contributed by atoms with Gasteiger partial charge in [0.1, 0.15) is 0 Å². The van der Waals surface area contributed by atoms with Crippen LogP contribution >= 0.6 is 46.2 Å². The molecule has 0 heterocycles. The normalized spacial score (nSPS) is 7.46.